The monoisotopic (exact) mass is 302 g/mol. The first-order valence-corrected chi connectivity index (χ1v) is 6.05. The van der Waals surface area contributed by atoms with Gasteiger partial charge in [-0.3, -0.25) is 0 Å². The zero-order valence-corrected chi connectivity index (χ0v) is 12.2. The van der Waals surface area contributed by atoms with Crippen LogP contribution >= 0.6 is 15.9 Å². The van der Waals surface area contributed by atoms with Crippen molar-refractivity contribution in [2.75, 3.05) is 0 Å². The Kier molecular flexibility index (Phi) is 6.80. The summed E-state index contributed by atoms with van der Waals surface area (Å²) in [5.74, 6) is 0. The van der Waals surface area contributed by atoms with E-state index < -0.39 is 6.09 Å². The van der Waals surface area contributed by atoms with Gasteiger partial charge in [0, 0.05) is 6.20 Å². The van der Waals surface area contributed by atoms with Crippen molar-refractivity contribution in [3.63, 3.8) is 0 Å². The fourth-order valence-electron chi connectivity index (χ4n) is 0.693. The molecule has 0 aliphatic rings. The van der Waals surface area contributed by atoms with Crippen LogP contribution in [0, 0.1) is 5.41 Å². The van der Waals surface area contributed by atoms with Gasteiger partial charge in [-0.15, -0.1) is 0 Å². The Balaban J connectivity index is 0.000000318. The second-order valence-electron chi connectivity index (χ2n) is 4.60. The molecule has 2 N–H and O–H groups in total. The number of aromatic nitrogens is 1. The quantitative estimate of drug-likeness (QED) is 0.809. The summed E-state index contributed by atoms with van der Waals surface area (Å²) in [4.78, 5) is 14.2. The molecule has 0 saturated heterocycles. The summed E-state index contributed by atoms with van der Waals surface area (Å²) in [5.41, 5.74) is 4.80. The van der Waals surface area contributed by atoms with Crippen molar-refractivity contribution in [3.05, 3.63) is 29.0 Å². The molecule has 0 radical (unpaired) electrons. The molecule has 0 aromatic carbocycles. The normalized spacial score (nSPS) is 12.1. The van der Waals surface area contributed by atoms with Crippen LogP contribution in [0.5, 0.6) is 0 Å². The molecule has 1 aromatic heterocycles. The van der Waals surface area contributed by atoms with Gasteiger partial charge in [-0.1, -0.05) is 26.8 Å². The summed E-state index contributed by atoms with van der Waals surface area (Å²) in [7, 11) is 0. The van der Waals surface area contributed by atoms with Crippen LogP contribution < -0.4 is 5.73 Å². The molecule has 1 aromatic rings. The number of primary amides is 1. The summed E-state index contributed by atoms with van der Waals surface area (Å²) in [5, 5.41) is 0. The summed E-state index contributed by atoms with van der Waals surface area (Å²) >= 11 is 3.20. The molecule has 0 fully saturated rings. The van der Waals surface area contributed by atoms with Crippen LogP contribution in [0.4, 0.5) is 4.79 Å². The number of rotatable bonds is 1. The average molecular weight is 303 g/mol. The molecule has 17 heavy (non-hydrogen) atoms. The van der Waals surface area contributed by atoms with Crippen LogP contribution in [-0.4, -0.2) is 17.2 Å². The van der Waals surface area contributed by atoms with E-state index in [0.717, 1.165) is 4.60 Å². The largest absolute Gasteiger partial charge is 0.446 e. The molecular formula is C12H19BrN2O2. The fraction of sp³-hybridized carbons (Fsp3) is 0.500. The number of carbonyl (C=O) groups excluding carboxylic acids is 1. The van der Waals surface area contributed by atoms with Gasteiger partial charge < -0.3 is 10.5 Å². The van der Waals surface area contributed by atoms with Gasteiger partial charge in [0.05, 0.1) is 0 Å². The molecule has 1 unspecified atom stereocenters. The zero-order chi connectivity index (χ0) is 13.5. The molecule has 5 heteroatoms. The van der Waals surface area contributed by atoms with E-state index in [2.05, 4.69) is 20.9 Å². The van der Waals surface area contributed by atoms with Crippen molar-refractivity contribution in [1.82, 2.24) is 4.98 Å². The van der Waals surface area contributed by atoms with Gasteiger partial charge in [-0.05, 0) is 40.4 Å². The molecule has 0 bridgehead atoms. The zero-order valence-electron chi connectivity index (χ0n) is 10.6. The Labute approximate surface area is 111 Å². The number of carbonyl (C=O) groups is 1. The van der Waals surface area contributed by atoms with Gasteiger partial charge in [-0.2, -0.15) is 0 Å². The van der Waals surface area contributed by atoms with Gasteiger partial charge in [-0.25, -0.2) is 9.78 Å². The number of halogens is 1. The maximum atomic E-state index is 10.3. The number of ether oxygens (including phenoxy) is 1. The van der Waals surface area contributed by atoms with Crippen molar-refractivity contribution >= 4 is 22.0 Å². The number of hydrogen-bond donors (Lipinski definition) is 1. The number of pyridine rings is 1. The maximum Gasteiger partial charge on any atom is 0.404 e. The van der Waals surface area contributed by atoms with E-state index in [1.165, 1.54) is 0 Å². The van der Waals surface area contributed by atoms with Crippen molar-refractivity contribution in [2.24, 2.45) is 11.1 Å². The van der Waals surface area contributed by atoms with E-state index in [9.17, 15) is 4.79 Å². The lowest BCUT2D eigenvalue weighted by atomic mass is 9.90. The molecule has 96 valence electrons. The topological polar surface area (TPSA) is 65.2 Å². The van der Waals surface area contributed by atoms with Gasteiger partial charge in [0.1, 0.15) is 10.7 Å². The van der Waals surface area contributed by atoms with Crippen LogP contribution in [0.25, 0.3) is 0 Å². The number of hydrogen-bond acceptors (Lipinski definition) is 3. The third kappa shape index (κ3) is 8.68. The van der Waals surface area contributed by atoms with Crippen molar-refractivity contribution in [1.29, 1.82) is 0 Å². The van der Waals surface area contributed by atoms with Crippen molar-refractivity contribution in [2.45, 2.75) is 33.8 Å². The van der Waals surface area contributed by atoms with Gasteiger partial charge in [0.2, 0.25) is 0 Å². The smallest absolute Gasteiger partial charge is 0.404 e. The fourth-order valence-corrected chi connectivity index (χ4v) is 0.964. The molecule has 0 spiro atoms. The summed E-state index contributed by atoms with van der Waals surface area (Å²) in [6.45, 7) is 7.78. The molecular weight excluding hydrogens is 284 g/mol. The standard InChI is InChI=1S/C7H15NO2.C5H4BrN/c1-5(7(2,3)4)10-6(8)9;6-5-3-1-2-4-7-5/h5H,1-4H3,(H2,8,9);1-4H. The highest BCUT2D eigenvalue weighted by atomic mass is 79.9. The molecule has 0 aliphatic heterocycles. The Hall–Kier alpha value is -1.10. The van der Waals surface area contributed by atoms with E-state index in [1.807, 2.05) is 45.9 Å². The Morgan fingerprint density at radius 3 is 2.24 bits per heavy atom. The van der Waals surface area contributed by atoms with Crippen molar-refractivity contribution in [3.8, 4) is 0 Å². The molecule has 1 rings (SSSR count). The highest BCUT2D eigenvalue weighted by Gasteiger charge is 2.22. The minimum atomic E-state index is -0.706. The molecule has 0 saturated carbocycles. The second-order valence-corrected chi connectivity index (χ2v) is 5.41. The SMILES string of the molecule is Brc1ccccn1.CC(OC(N)=O)C(C)(C)C. The lowest BCUT2D eigenvalue weighted by Gasteiger charge is -2.25. The van der Waals surface area contributed by atoms with E-state index in [1.54, 1.807) is 6.20 Å². The average Bonchev–Trinajstić information content (AvgIpc) is 2.17. The lowest BCUT2D eigenvalue weighted by Crippen LogP contribution is -2.30. The number of amides is 1. The molecule has 1 amide bonds. The van der Waals surface area contributed by atoms with Crippen LogP contribution in [0.15, 0.2) is 29.0 Å². The first-order valence-electron chi connectivity index (χ1n) is 5.26. The summed E-state index contributed by atoms with van der Waals surface area (Å²) < 4.78 is 5.64. The van der Waals surface area contributed by atoms with Crippen LogP contribution in [0.2, 0.25) is 0 Å². The van der Waals surface area contributed by atoms with Crippen LogP contribution in [0.1, 0.15) is 27.7 Å². The first kappa shape index (κ1) is 15.9. The lowest BCUT2D eigenvalue weighted by molar-refractivity contribution is 0.0498. The van der Waals surface area contributed by atoms with Gasteiger partial charge in [0.25, 0.3) is 0 Å². The number of nitrogens with zero attached hydrogens (tertiary/aromatic N) is 1. The van der Waals surface area contributed by atoms with E-state index in [4.69, 9.17) is 10.5 Å². The predicted molar refractivity (Wildman–Crippen MR) is 71.5 cm³/mol. The summed E-state index contributed by atoms with van der Waals surface area (Å²) in [6.07, 6.45) is 0.900. The predicted octanol–water partition coefficient (Wildman–Crippen LogP) is 3.36. The third-order valence-corrected chi connectivity index (χ3v) is 2.61. The molecule has 1 atom stereocenters. The molecule has 1 heterocycles. The van der Waals surface area contributed by atoms with Crippen molar-refractivity contribution < 1.29 is 9.53 Å². The Morgan fingerprint density at radius 2 is 2.06 bits per heavy atom. The third-order valence-electron chi connectivity index (χ3n) is 2.14. The Bertz CT molecular complexity index is 336. The van der Waals surface area contributed by atoms with E-state index >= 15 is 0 Å². The Morgan fingerprint density at radius 1 is 1.47 bits per heavy atom. The van der Waals surface area contributed by atoms with Crippen LogP contribution in [-0.2, 0) is 4.74 Å². The maximum absolute atomic E-state index is 10.3. The molecule has 4 nitrogen and oxygen atoms in total. The second kappa shape index (κ2) is 7.27. The highest BCUT2D eigenvalue weighted by molar-refractivity contribution is 9.10. The number of nitrogens with two attached hydrogens (primary N) is 1. The van der Waals surface area contributed by atoms with E-state index in [0.29, 0.717) is 0 Å². The highest BCUT2D eigenvalue weighted by Crippen LogP contribution is 2.21. The van der Waals surface area contributed by atoms with Gasteiger partial charge >= 0.3 is 6.09 Å². The molecule has 0 aliphatic carbocycles. The minimum absolute atomic E-state index is 0.0327. The van der Waals surface area contributed by atoms with E-state index in [-0.39, 0.29) is 11.5 Å². The first-order chi connectivity index (χ1) is 7.73. The van der Waals surface area contributed by atoms with Crippen LogP contribution in [0.3, 0.4) is 0 Å². The summed E-state index contributed by atoms with van der Waals surface area (Å²) in [6, 6.07) is 5.70. The van der Waals surface area contributed by atoms with Gasteiger partial charge in [0.15, 0.2) is 0 Å². The minimum Gasteiger partial charge on any atom is -0.446 e.